The van der Waals surface area contributed by atoms with Gasteiger partial charge in [0.25, 0.3) is 5.91 Å². The molecule has 0 bridgehead atoms. The van der Waals surface area contributed by atoms with E-state index in [4.69, 9.17) is 0 Å². The van der Waals surface area contributed by atoms with Crippen LogP contribution in [0.2, 0.25) is 0 Å². The van der Waals surface area contributed by atoms with Crippen LogP contribution in [0.5, 0.6) is 0 Å². The SMILES string of the molecule is O=C(Nc1cnns1)c1sccc1Br. The monoisotopic (exact) mass is 289 g/mol. The van der Waals surface area contributed by atoms with Crippen LogP contribution in [0, 0.1) is 0 Å². The van der Waals surface area contributed by atoms with Crippen molar-refractivity contribution in [2.45, 2.75) is 0 Å². The molecule has 0 saturated heterocycles. The molecule has 2 rings (SSSR count). The zero-order valence-electron chi connectivity index (χ0n) is 6.73. The number of aromatic nitrogens is 2. The largest absolute Gasteiger partial charge is 0.310 e. The summed E-state index contributed by atoms with van der Waals surface area (Å²) in [6, 6.07) is 1.84. The van der Waals surface area contributed by atoms with Crippen molar-refractivity contribution < 1.29 is 4.79 Å². The molecule has 0 aliphatic heterocycles. The van der Waals surface area contributed by atoms with E-state index in [2.05, 4.69) is 30.8 Å². The van der Waals surface area contributed by atoms with Gasteiger partial charge in [-0.15, -0.1) is 16.4 Å². The zero-order valence-corrected chi connectivity index (χ0v) is 9.95. The summed E-state index contributed by atoms with van der Waals surface area (Å²) in [5.74, 6) is -0.141. The summed E-state index contributed by atoms with van der Waals surface area (Å²) in [5, 5.41) is 8.82. The lowest BCUT2D eigenvalue weighted by molar-refractivity contribution is 0.103. The van der Waals surface area contributed by atoms with Gasteiger partial charge in [0.05, 0.1) is 6.20 Å². The number of hydrogen-bond acceptors (Lipinski definition) is 5. The van der Waals surface area contributed by atoms with Gasteiger partial charge in [0.15, 0.2) is 0 Å². The van der Waals surface area contributed by atoms with Gasteiger partial charge in [0.1, 0.15) is 9.88 Å². The van der Waals surface area contributed by atoms with Gasteiger partial charge in [0.2, 0.25) is 0 Å². The van der Waals surface area contributed by atoms with Crippen molar-refractivity contribution in [1.29, 1.82) is 0 Å². The smallest absolute Gasteiger partial charge is 0.267 e. The Balaban J connectivity index is 2.14. The molecule has 0 aliphatic rings. The fourth-order valence-corrected chi connectivity index (χ4v) is 2.71. The molecule has 7 heteroatoms. The molecule has 0 atom stereocenters. The van der Waals surface area contributed by atoms with Crippen LogP contribution in [0.25, 0.3) is 0 Å². The standard InChI is InChI=1S/C7H4BrN3OS2/c8-4-1-2-13-6(4)7(12)10-5-3-9-11-14-5/h1-3H,(H,10,12). The number of thiophene rings is 1. The molecule has 2 aromatic heterocycles. The number of nitrogens with zero attached hydrogens (tertiary/aromatic N) is 2. The van der Waals surface area contributed by atoms with E-state index >= 15 is 0 Å². The van der Waals surface area contributed by atoms with Crippen LogP contribution in [-0.2, 0) is 0 Å². The van der Waals surface area contributed by atoms with Gasteiger partial charge in [-0.25, -0.2) is 0 Å². The normalized spacial score (nSPS) is 10.1. The number of rotatable bonds is 2. The van der Waals surface area contributed by atoms with Crippen LogP contribution >= 0.6 is 38.8 Å². The van der Waals surface area contributed by atoms with Crippen molar-refractivity contribution >= 4 is 49.7 Å². The molecule has 0 fully saturated rings. The average Bonchev–Trinajstić information content (AvgIpc) is 2.75. The van der Waals surface area contributed by atoms with E-state index in [9.17, 15) is 4.79 Å². The summed E-state index contributed by atoms with van der Waals surface area (Å²) in [7, 11) is 0. The van der Waals surface area contributed by atoms with E-state index in [0.717, 1.165) is 16.0 Å². The van der Waals surface area contributed by atoms with E-state index in [0.29, 0.717) is 9.88 Å². The Hall–Kier alpha value is -0.790. The predicted molar refractivity (Wildman–Crippen MR) is 59.9 cm³/mol. The quantitative estimate of drug-likeness (QED) is 0.925. The van der Waals surface area contributed by atoms with Crippen molar-refractivity contribution in [2.75, 3.05) is 5.32 Å². The molecule has 2 aromatic rings. The molecule has 1 N–H and O–H groups in total. The third-order valence-electron chi connectivity index (χ3n) is 1.42. The molecule has 0 aliphatic carbocycles. The molecule has 72 valence electrons. The van der Waals surface area contributed by atoms with Crippen LogP contribution in [0.15, 0.2) is 22.1 Å². The van der Waals surface area contributed by atoms with E-state index in [1.165, 1.54) is 17.5 Å². The van der Waals surface area contributed by atoms with Crippen molar-refractivity contribution in [3.05, 3.63) is 27.0 Å². The Labute approximate surface area is 96.3 Å². The van der Waals surface area contributed by atoms with Crippen molar-refractivity contribution in [3.63, 3.8) is 0 Å². The minimum Gasteiger partial charge on any atom is -0.310 e. The molecule has 0 spiro atoms. The molecule has 4 nitrogen and oxygen atoms in total. The summed E-state index contributed by atoms with van der Waals surface area (Å²) in [6.07, 6.45) is 1.52. The van der Waals surface area contributed by atoms with Gasteiger partial charge in [-0.3, -0.25) is 4.79 Å². The first-order valence-corrected chi connectivity index (χ1v) is 6.03. The van der Waals surface area contributed by atoms with Crippen LogP contribution < -0.4 is 5.32 Å². The summed E-state index contributed by atoms with van der Waals surface area (Å²) in [5.41, 5.74) is 0. The highest BCUT2D eigenvalue weighted by molar-refractivity contribution is 9.10. The number of anilines is 1. The van der Waals surface area contributed by atoms with E-state index < -0.39 is 0 Å². The molecule has 0 radical (unpaired) electrons. The highest BCUT2D eigenvalue weighted by Crippen LogP contribution is 2.24. The molecular weight excluding hydrogens is 286 g/mol. The number of halogens is 1. The number of hydrogen-bond donors (Lipinski definition) is 1. The molecule has 2 heterocycles. The Morgan fingerprint density at radius 2 is 2.43 bits per heavy atom. The summed E-state index contributed by atoms with van der Waals surface area (Å²) in [6.45, 7) is 0. The van der Waals surface area contributed by atoms with Crippen molar-refractivity contribution in [1.82, 2.24) is 9.59 Å². The van der Waals surface area contributed by atoms with Gasteiger partial charge in [-0.2, -0.15) is 0 Å². The Morgan fingerprint density at radius 3 is 3.00 bits per heavy atom. The number of carbonyl (C=O) groups excluding carboxylic acids is 1. The van der Waals surface area contributed by atoms with Crippen molar-refractivity contribution in [2.24, 2.45) is 0 Å². The van der Waals surface area contributed by atoms with E-state index in [1.807, 2.05) is 11.4 Å². The van der Waals surface area contributed by atoms with Gasteiger partial charge >= 0.3 is 0 Å². The summed E-state index contributed by atoms with van der Waals surface area (Å²) >= 11 is 5.83. The maximum absolute atomic E-state index is 11.6. The molecule has 1 amide bonds. The Bertz CT molecular complexity index is 439. The van der Waals surface area contributed by atoms with Crippen LogP contribution in [0.3, 0.4) is 0 Å². The minimum absolute atomic E-state index is 0.141. The Morgan fingerprint density at radius 1 is 1.57 bits per heavy atom. The number of nitrogens with one attached hydrogen (secondary N) is 1. The number of amides is 1. The Kier molecular flexibility index (Phi) is 2.90. The molecule has 0 aromatic carbocycles. The van der Waals surface area contributed by atoms with Gasteiger partial charge in [-0.05, 0) is 27.4 Å². The second kappa shape index (κ2) is 4.16. The summed E-state index contributed by atoms with van der Waals surface area (Å²) in [4.78, 5) is 12.3. The predicted octanol–water partition coefficient (Wildman–Crippen LogP) is 2.61. The lowest BCUT2D eigenvalue weighted by Gasteiger charge is -1.98. The fraction of sp³-hybridized carbons (Fsp3) is 0. The minimum atomic E-state index is -0.141. The topological polar surface area (TPSA) is 54.9 Å². The maximum atomic E-state index is 11.6. The zero-order chi connectivity index (χ0) is 9.97. The highest BCUT2D eigenvalue weighted by atomic mass is 79.9. The average molecular weight is 290 g/mol. The third-order valence-corrected chi connectivity index (χ3v) is 3.84. The molecule has 0 saturated carbocycles. The first-order chi connectivity index (χ1) is 6.77. The lowest BCUT2D eigenvalue weighted by atomic mass is 10.4. The highest BCUT2D eigenvalue weighted by Gasteiger charge is 2.12. The van der Waals surface area contributed by atoms with Gasteiger partial charge < -0.3 is 5.32 Å². The second-order valence-corrected chi connectivity index (χ2v) is 4.89. The summed E-state index contributed by atoms with van der Waals surface area (Å²) < 4.78 is 4.45. The van der Waals surface area contributed by atoms with Gasteiger partial charge in [0, 0.05) is 16.0 Å². The van der Waals surface area contributed by atoms with Crippen molar-refractivity contribution in [3.8, 4) is 0 Å². The second-order valence-electron chi connectivity index (χ2n) is 2.33. The first kappa shape index (κ1) is 9.75. The third kappa shape index (κ3) is 1.99. The number of carbonyl (C=O) groups is 1. The first-order valence-electron chi connectivity index (χ1n) is 3.59. The van der Waals surface area contributed by atoms with Crippen LogP contribution in [0.4, 0.5) is 5.00 Å². The van der Waals surface area contributed by atoms with Crippen LogP contribution in [-0.4, -0.2) is 15.5 Å². The fourth-order valence-electron chi connectivity index (χ4n) is 0.847. The molecular formula is C7H4BrN3OS2. The van der Waals surface area contributed by atoms with E-state index in [1.54, 1.807) is 0 Å². The maximum Gasteiger partial charge on any atom is 0.267 e. The van der Waals surface area contributed by atoms with E-state index in [-0.39, 0.29) is 5.91 Å². The van der Waals surface area contributed by atoms with Crippen LogP contribution in [0.1, 0.15) is 9.67 Å². The lowest BCUT2D eigenvalue weighted by Crippen LogP contribution is -2.09. The van der Waals surface area contributed by atoms with Gasteiger partial charge in [-0.1, -0.05) is 4.49 Å². The molecule has 0 unspecified atom stereocenters. The molecule has 14 heavy (non-hydrogen) atoms.